The van der Waals surface area contributed by atoms with Gasteiger partial charge in [0.05, 0.1) is 18.8 Å². The summed E-state index contributed by atoms with van der Waals surface area (Å²) in [6.45, 7) is 4.46. The van der Waals surface area contributed by atoms with Crippen LogP contribution in [0, 0.1) is 5.92 Å². The zero-order valence-corrected chi connectivity index (χ0v) is 9.73. The van der Waals surface area contributed by atoms with Crippen molar-refractivity contribution in [1.82, 2.24) is 4.98 Å². The lowest BCUT2D eigenvalue weighted by atomic mass is 10.0. The van der Waals surface area contributed by atoms with Gasteiger partial charge in [-0.2, -0.15) is 4.98 Å². The maximum atomic E-state index is 5.19. The molecule has 16 heavy (non-hydrogen) atoms. The molecule has 0 aromatic carbocycles. The molecule has 0 aliphatic carbocycles. The summed E-state index contributed by atoms with van der Waals surface area (Å²) in [6, 6.07) is 4.55. The predicted molar refractivity (Wildman–Crippen MR) is 64.2 cm³/mol. The Morgan fingerprint density at radius 1 is 1.50 bits per heavy atom. The number of fused-ring (bicyclic) bond motifs is 3. The third kappa shape index (κ3) is 1.32. The first-order chi connectivity index (χ1) is 7.79. The Morgan fingerprint density at radius 2 is 2.38 bits per heavy atom. The van der Waals surface area contributed by atoms with Crippen LogP contribution in [0.5, 0.6) is 5.88 Å². The summed E-state index contributed by atoms with van der Waals surface area (Å²) in [5, 5.41) is 3.46. The number of ether oxygens (including phenoxy) is 1. The molecule has 4 heteroatoms. The first-order valence-corrected chi connectivity index (χ1v) is 5.85. The summed E-state index contributed by atoms with van der Waals surface area (Å²) in [4.78, 5) is 6.97. The SMILES string of the molecule is COc1ccc2c(n1)N1CCC(C)C1CN2. The fourth-order valence-corrected chi connectivity index (χ4v) is 2.70. The highest BCUT2D eigenvalue weighted by Crippen LogP contribution is 2.37. The second-order valence-corrected chi connectivity index (χ2v) is 4.63. The van der Waals surface area contributed by atoms with Gasteiger partial charge in [-0.1, -0.05) is 6.92 Å². The van der Waals surface area contributed by atoms with Crippen molar-refractivity contribution in [2.75, 3.05) is 30.4 Å². The molecule has 0 radical (unpaired) electrons. The molecule has 2 aliphatic heterocycles. The fraction of sp³-hybridized carbons (Fsp3) is 0.583. The van der Waals surface area contributed by atoms with Crippen LogP contribution in [0.1, 0.15) is 13.3 Å². The molecule has 2 unspecified atom stereocenters. The van der Waals surface area contributed by atoms with E-state index in [2.05, 4.69) is 28.2 Å². The van der Waals surface area contributed by atoms with Crippen molar-refractivity contribution in [2.24, 2.45) is 5.92 Å². The normalized spacial score (nSPS) is 27.0. The standard InChI is InChI=1S/C12H17N3O/c1-8-5-6-15-10(8)7-13-9-3-4-11(16-2)14-12(9)15/h3-4,8,10,13H,5-7H2,1-2H3. The molecule has 86 valence electrons. The van der Waals surface area contributed by atoms with E-state index in [1.54, 1.807) is 7.11 Å². The molecule has 1 aromatic rings. The molecule has 4 nitrogen and oxygen atoms in total. The molecule has 3 heterocycles. The highest BCUT2D eigenvalue weighted by Gasteiger charge is 2.36. The number of methoxy groups -OCH3 is 1. The van der Waals surface area contributed by atoms with E-state index in [9.17, 15) is 0 Å². The van der Waals surface area contributed by atoms with Crippen molar-refractivity contribution < 1.29 is 4.74 Å². The van der Waals surface area contributed by atoms with Crippen LogP contribution < -0.4 is 15.0 Å². The Balaban J connectivity index is 2.01. The van der Waals surface area contributed by atoms with Crippen LogP contribution in [-0.4, -0.2) is 31.2 Å². The van der Waals surface area contributed by atoms with Crippen LogP contribution >= 0.6 is 0 Å². The van der Waals surface area contributed by atoms with Gasteiger partial charge < -0.3 is 15.0 Å². The quantitative estimate of drug-likeness (QED) is 0.780. The number of aromatic nitrogens is 1. The molecule has 1 N–H and O–H groups in total. The van der Waals surface area contributed by atoms with E-state index in [1.807, 2.05) is 6.07 Å². The zero-order chi connectivity index (χ0) is 11.1. The molecule has 2 aliphatic rings. The minimum atomic E-state index is 0.590. The van der Waals surface area contributed by atoms with Crippen LogP contribution in [0.25, 0.3) is 0 Å². The number of hydrogen-bond donors (Lipinski definition) is 1. The number of anilines is 2. The number of pyridine rings is 1. The number of hydrogen-bond acceptors (Lipinski definition) is 4. The van der Waals surface area contributed by atoms with Gasteiger partial charge in [0, 0.05) is 19.2 Å². The monoisotopic (exact) mass is 219 g/mol. The first kappa shape index (κ1) is 9.75. The molecule has 0 amide bonds. The molecular formula is C12H17N3O. The fourth-order valence-electron chi connectivity index (χ4n) is 2.70. The molecule has 1 fully saturated rings. The Morgan fingerprint density at radius 3 is 3.19 bits per heavy atom. The third-order valence-electron chi connectivity index (χ3n) is 3.71. The van der Waals surface area contributed by atoms with E-state index in [0.717, 1.165) is 30.5 Å². The lowest BCUT2D eigenvalue weighted by Crippen LogP contribution is -2.42. The minimum Gasteiger partial charge on any atom is -0.481 e. The number of nitrogens with zero attached hydrogens (tertiary/aromatic N) is 2. The molecule has 0 bridgehead atoms. The Kier molecular flexibility index (Phi) is 2.16. The topological polar surface area (TPSA) is 37.4 Å². The lowest BCUT2D eigenvalue weighted by molar-refractivity contribution is 0.397. The van der Waals surface area contributed by atoms with Crippen molar-refractivity contribution in [3.05, 3.63) is 12.1 Å². The van der Waals surface area contributed by atoms with Crippen molar-refractivity contribution >= 4 is 11.5 Å². The summed E-state index contributed by atoms with van der Waals surface area (Å²) in [5.74, 6) is 2.49. The maximum Gasteiger partial charge on any atom is 0.215 e. The smallest absolute Gasteiger partial charge is 0.215 e. The van der Waals surface area contributed by atoms with Gasteiger partial charge in [-0.3, -0.25) is 0 Å². The minimum absolute atomic E-state index is 0.590. The van der Waals surface area contributed by atoms with Gasteiger partial charge in [-0.25, -0.2) is 0 Å². The largest absolute Gasteiger partial charge is 0.481 e. The summed E-state index contributed by atoms with van der Waals surface area (Å²) >= 11 is 0. The second kappa shape index (κ2) is 3.54. The van der Waals surface area contributed by atoms with Crippen LogP contribution in [0.4, 0.5) is 11.5 Å². The van der Waals surface area contributed by atoms with Crippen LogP contribution in [0.2, 0.25) is 0 Å². The van der Waals surface area contributed by atoms with Crippen molar-refractivity contribution in [1.29, 1.82) is 0 Å². The maximum absolute atomic E-state index is 5.19. The van der Waals surface area contributed by atoms with Crippen molar-refractivity contribution in [3.8, 4) is 5.88 Å². The van der Waals surface area contributed by atoms with Gasteiger partial charge in [0.1, 0.15) is 0 Å². The Labute approximate surface area is 95.6 Å². The molecule has 0 saturated carbocycles. The summed E-state index contributed by atoms with van der Waals surface area (Å²) < 4.78 is 5.19. The van der Waals surface area contributed by atoms with Gasteiger partial charge in [0.25, 0.3) is 0 Å². The van der Waals surface area contributed by atoms with Crippen LogP contribution in [0.3, 0.4) is 0 Å². The van der Waals surface area contributed by atoms with E-state index < -0.39 is 0 Å². The predicted octanol–water partition coefficient (Wildman–Crippen LogP) is 1.73. The lowest BCUT2D eigenvalue weighted by Gasteiger charge is -2.34. The third-order valence-corrected chi connectivity index (χ3v) is 3.71. The molecule has 1 aromatic heterocycles. The highest BCUT2D eigenvalue weighted by atomic mass is 16.5. The number of rotatable bonds is 1. The van der Waals surface area contributed by atoms with Gasteiger partial charge in [-0.05, 0) is 18.4 Å². The van der Waals surface area contributed by atoms with Crippen molar-refractivity contribution in [3.63, 3.8) is 0 Å². The molecule has 0 spiro atoms. The van der Waals surface area contributed by atoms with Crippen molar-refractivity contribution in [2.45, 2.75) is 19.4 Å². The van der Waals surface area contributed by atoms with E-state index in [4.69, 9.17) is 4.74 Å². The Hall–Kier alpha value is -1.45. The average Bonchev–Trinajstić information content (AvgIpc) is 2.71. The van der Waals surface area contributed by atoms with Gasteiger partial charge >= 0.3 is 0 Å². The summed E-state index contributed by atoms with van der Waals surface area (Å²) in [5.41, 5.74) is 1.13. The number of nitrogens with one attached hydrogen (secondary N) is 1. The van der Waals surface area contributed by atoms with Crippen LogP contribution in [0.15, 0.2) is 12.1 Å². The molecule has 1 saturated heterocycles. The summed E-state index contributed by atoms with van der Waals surface area (Å²) in [7, 11) is 1.66. The van der Waals surface area contributed by atoms with E-state index in [-0.39, 0.29) is 0 Å². The van der Waals surface area contributed by atoms with Gasteiger partial charge in [0.2, 0.25) is 5.88 Å². The highest BCUT2D eigenvalue weighted by molar-refractivity contribution is 5.70. The zero-order valence-electron chi connectivity index (χ0n) is 9.73. The van der Waals surface area contributed by atoms with E-state index in [0.29, 0.717) is 11.9 Å². The average molecular weight is 219 g/mol. The van der Waals surface area contributed by atoms with E-state index >= 15 is 0 Å². The van der Waals surface area contributed by atoms with Crippen LogP contribution in [-0.2, 0) is 0 Å². The first-order valence-electron chi connectivity index (χ1n) is 5.85. The second-order valence-electron chi connectivity index (χ2n) is 4.63. The molecule has 2 atom stereocenters. The molecular weight excluding hydrogens is 202 g/mol. The molecule has 3 rings (SSSR count). The Bertz CT molecular complexity index is 407. The van der Waals surface area contributed by atoms with Gasteiger partial charge in [-0.15, -0.1) is 0 Å². The summed E-state index contributed by atoms with van der Waals surface area (Å²) in [6.07, 6.45) is 1.25. The van der Waals surface area contributed by atoms with E-state index in [1.165, 1.54) is 6.42 Å². The van der Waals surface area contributed by atoms with Gasteiger partial charge in [0.15, 0.2) is 5.82 Å².